The quantitative estimate of drug-likeness (QED) is 0.298. The molecular formula is C32H27ClFNO2. The molecular weight excluding hydrogens is 485 g/mol. The zero-order valence-corrected chi connectivity index (χ0v) is 21.5. The number of halogens is 2. The second-order valence-electron chi connectivity index (χ2n) is 10.6. The number of rotatable bonds is 4. The first kappa shape index (κ1) is 23.7. The number of nitrogens with one attached hydrogen (secondary N) is 1. The molecule has 4 aromatic rings. The first-order chi connectivity index (χ1) is 17.8. The Bertz CT molecular complexity index is 1570. The summed E-state index contributed by atoms with van der Waals surface area (Å²) in [5, 5.41) is 6.28. The Morgan fingerprint density at radius 3 is 2.59 bits per heavy atom. The van der Waals surface area contributed by atoms with E-state index in [0.29, 0.717) is 22.8 Å². The van der Waals surface area contributed by atoms with Crippen LogP contribution in [0.2, 0.25) is 5.02 Å². The van der Waals surface area contributed by atoms with Crippen molar-refractivity contribution >= 4 is 39.4 Å². The summed E-state index contributed by atoms with van der Waals surface area (Å²) in [5.41, 5.74) is 5.02. The summed E-state index contributed by atoms with van der Waals surface area (Å²) in [6, 6.07) is 24.4. The fourth-order valence-corrected chi connectivity index (χ4v) is 5.96. The Hall–Kier alpha value is -3.63. The van der Waals surface area contributed by atoms with Crippen molar-refractivity contribution in [3.8, 4) is 5.75 Å². The molecule has 1 N–H and O–H groups in total. The van der Waals surface area contributed by atoms with Gasteiger partial charge >= 0.3 is 0 Å². The van der Waals surface area contributed by atoms with Gasteiger partial charge in [0.1, 0.15) is 18.2 Å². The lowest BCUT2D eigenvalue weighted by atomic mass is 9.68. The minimum absolute atomic E-state index is 0.0106. The molecule has 37 heavy (non-hydrogen) atoms. The van der Waals surface area contributed by atoms with Crippen molar-refractivity contribution in [1.29, 1.82) is 0 Å². The predicted molar refractivity (Wildman–Crippen MR) is 147 cm³/mol. The van der Waals surface area contributed by atoms with Gasteiger partial charge in [0.15, 0.2) is 5.78 Å². The van der Waals surface area contributed by atoms with Gasteiger partial charge in [-0.2, -0.15) is 0 Å². The Balaban J connectivity index is 1.48. The number of fused-ring (bicyclic) bond motifs is 4. The summed E-state index contributed by atoms with van der Waals surface area (Å²) >= 11 is 6.24. The number of ether oxygens (including phenoxy) is 1. The average Bonchev–Trinajstić information content (AvgIpc) is 2.87. The largest absolute Gasteiger partial charge is 0.488 e. The number of carbonyl (C=O) groups is 1. The Morgan fingerprint density at radius 1 is 0.973 bits per heavy atom. The van der Waals surface area contributed by atoms with Crippen LogP contribution in [0.4, 0.5) is 10.1 Å². The standard InChI is InChI=1S/C32H27ClFNO2/c1-32(2)16-22-29-20-9-4-3-8-19(20)14-15-26(29)35-31(30(22)27(36)17-32)21-10-5-6-13-28(21)37-18-23-24(33)11-7-12-25(23)34/h3-15,31,35H,16-18H2,1-2H3. The molecule has 2 aliphatic rings. The summed E-state index contributed by atoms with van der Waals surface area (Å²) in [5.74, 6) is 0.332. The van der Waals surface area contributed by atoms with Gasteiger partial charge in [0, 0.05) is 34.4 Å². The molecule has 0 saturated carbocycles. The molecule has 0 bridgehead atoms. The maximum absolute atomic E-state index is 14.4. The van der Waals surface area contributed by atoms with Crippen LogP contribution in [0.3, 0.4) is 0 Å². The van der Waals surface area contributed by atoms with Crippen molar-refractivity contribution in [2.24, 2.45) is 5.41 Å². The van der Waals surface area contributed by atoms with Crippen LogP contribution in [-0.4, -0.2) is 5.78 Å². The zero-order valence-electron chi connectivity index (χ0n) is 20.8. The van der Waals surface area contributed by atoms with E-state index in [2.05, 4.69) is 43.4 Å². The summed E-state index contributed by atoms with van der Waals surface area (Å²) in [6.45, 7) is 4.31. The third-order valence-electron chi connectivity index (χ3n) is 7.40. The number of Topliss-reactive ketones (excluding diaryl/α,β-unsaturated/α-hetero) is 1. The molecule has 0 radical (unpaired) electrons. The molecule has 3 nitrogen and oxygen atoms in total. The van der Waals surface area contributed by atoms with Crippen LogP contribution in [0.5, 0.6) is 5.75 Å². The number of benzene rings is 4. The lowest BCUT2D eigenvalue weighted by molar-refractivity contribution is -0.118. The van der Waals surface area contributed by atoms with Gasteiger partial charge < -0.3 is 10.1 Å². The van der Waals surface area contributed by atoms with Crippen LogP contribution in [0.25, 0.3) is 16.3 Å². The number of hydrogen-bond donors (Lipinski definition) is 1. The molecule has 0 amide bonds. The van der Waals surface area contributed by atoms with E-state index in [4.69, 9.17) is 16.3 Å². The summed E-state index contributed by atoms with van der Waals surface area (Å²) in [6.07, 6.45) is 1.29. The predicted octanol–water partition coefficient (Wildman–Crippen LogP) is 8.52. The summed E-state index contributed by atoms with van der Waals surface area (Å²) < 4.78 is 20.6. The first-order valence-electron chi connectivity index (χ1n) is 12.5. The van der Waals surface area contributed by atoms with Crippen LogP contribution >= 0.6 is 11.6 Å². The molecule has 0 aromatic heterocycles. The van der Waals surface area contributed by atoms with Gasteiger partial charge in [-0.05, 0) is 52.4 Å². The van der Waals surface area contributed by atoms with Crippen molar-refractivity contribution in [3.05, 3.63) is 112 Å². The summed E-state index contributed by atoms with van der Waals surface area (Å²) in [4.78, 5) is 13.7. The highest BCUT2D eigenvalue weighted by atomic mass is 35.5. The molecule has 186 valence electrons. The topological polar surface area (TPSA) is 38.3 Å². The molecule has 0 saturated heterocycles. The number of para-hydroxylation sites is 1. The maximum Gasteiger partial charge on any atom is 0.162 e. The molecule has 5 heteroatoms. The van der Waals surface area contributed by atoms with Gasteiger partial charge in [0.25, 0.3) is 0 Å². The van der Waals surface area contributed by atoms with Gasteiger partial charge in [-0.1, -0.05) is 80.0 Å². The highest BCUT2D eigenvalue weighted by Gasteiger charge is 2.41. The Kier molecular flexibility index (Phi) is 5.80. The lowest BCUT2D eigenvalue weighted by Gasteiger charge is -2.40. The van der Waals surface area contributed by atoms with Gasteiger partial charge in [-0.15, -0.1) is 0 Å². The lowest BCUT2D eigenvalue weighted by Crippen LogP contribution is -2.33. The number of ketones is 1. The fraction of sp³-hybridized carbons (Fsp3) is 0.219. The van der Waals surface area contributed by atoms with E-state index in [1.165, 1.54) is 6.07 Å². The van der Waals surface area contributed by atoms with Crippen LogP contribution in [-0.2, 0) is 11.4 Å². The highest BCUT2D eigenvalue weighted by molar-refractivity contribution is 6.31. The van der Waals surface area contributed by atoms with Crippen LogP contribution in [0, 0.1) is 11.2 Å². The van der Waals surface area contributed by atoms with E-state index in [-0.39, 0.29) is 23.8 Å². The van der Waals surface area contributed by atoms with Crippen molar-refractivity contribution < 1.29 is 13.9 Å². The van der Waals surface area contributed by atoms with Crippen LogP contribution in [0.15, 0.2) is 84.4 Å². The molecule has 1 aliphatic heterocycles. The van der Waals surface area contributed by atoms with Crippen LogP contribution in [0.1, 0.15) is 49.4 Å². The van der Waals surface area contributed by atoms with Crippen molar-refractivity contribution in [2.45, 2.75) is 39.3 Å². The van der Waals surface area contributed by atoms with Gasteiger partial charge in [-0.25, -0.2) is 4.39 Å². The molecule has 1 heterocycles. The Morgan fingerprint density at radius 2 is 1.76 bits per heavy atom. The first-order valence-corrected chi connectivity index (χ1v) is 12.9. The van der Waals surface area contributed by atoms with Gasteiger partial charge in [0.05, 0.1) is 11.1 Å². The van der Waals surface area contributed by atoms with Crippen molar-refractivity contribution in [3.63, 3.8) is 0 Å². The molecule has 1 unspecified atom stereocenters. The molecule has 4 aromatic carbocycles. The number of allylic oxidation sites excluding steroid dienone is 1. The van der Waals surface area contributed by atoms with Gasteiger partial charge in [0.2, 0.25) is 0 Å². The fourth-order valence-electron chi connectivity index (χ4n) is 5.74. The zero-order chi connectivity index (χ0) is 25.7. The SMILES string of the molecule is CC1(C)CC(=O)C2=C(C1)c1c(ccc3ccccc13)NC2c1ccccc1OCc1c(F)cccc1Cl. The van der Waals surface area contributed by atoms with Crippen molar-refractivity contribution in [1.82, 2.24) is 0 Å². The Labute approximate surface area is 220 Å². The average molecular weight is 512 g/mol. The van der Waals surface area contributed by atoms with E-state index >= 15 is 0 Å². The van der Waals surface area contributed by atoms with E-state index in [1.807, 2.05) is 36.4 Å². The normalized spacial score (nSPS) is 18.3. The number of anilines is 1. The monoisotopic (exact) mass is 511 g/mol. The van der Waals surface area contributed by atoms with Gasteiger partial charge in [-0.3, -0.25) is 4.79 Å². The van der Waals surface area contributed by atoms with E-state index in [0.717, 1.165) is 45.2 Å². The smallest absolute Gasteiger partial charge is 0.162 e. The van der Waals surface area contributed by atoms with Crippen molar-refractivity contribution in [2.75, 3.05) is 5.32 Å². The second kappa shape index (κ2) is 9.04. The van der Waals surface area contributed by atoms with Crippen LogP contribution < -0.4 is 10.1 Å². The molecule has 0 fully saturated rings. The maximum atomic E-state index is 14.4. The minimum atomic E-state index is -0.406. The second-order valence-corrected chi connectivity index (χ2v) is 11.1. The summed E-state index contributed by atoms with van der Waals surface area (Å²) in [7, 11) is 0. The molecule has 6 rings (SSSR count). The van der Waals surface area contributed by atoms with E-state index in [1.54, 1.807) is 12.1 Å². The highest BCUT2D eigenvalue weighted by Crippen LogP contribution is 2.52. The minimum Gasteiger partial charge on any atom is -0.488 e. The third-order valence-corrected chi connectivity index (χ3v) is 7.76. The number of carbonyl (C=O) groups excluding carboxylic acids is 1. The number of hydrogen-bond acceptors (Lipinski definition) is 3. The molecule has 0 spiro atoms. The molecule has 1 aliphatic carbocycles. The van der Waals surface area contributed by atoms with E-state index in [9.17, 15) is 9.18 Å². The van der Waals surface area contributed by atoms with E-state index < -0.39 is 5.82 Å². The third kappa shape index (κ3) is 4.19. The molecule has 1 atom stereocenters.